The molecule has 0 spiro atoms. The first-order chi connectivity index (χ1) is 9.85. The Morgan fingerprint density at radius 3 is 2.14 bits per heavy atom. The van der Waals surface area contributed by atoms with E-state index in [1.807, 2.05) is 0 Å². The number of ether oxygens (including phenoxy) is 3. The van der Waals surface area contributed by atoms with Gasteiger partial charge >= 0.3 is 17.9 Å². The van der Waals surface area contributed by atoms with E-state index in [0.29, 0.717) is 5.56 Å². The second kappa shape index (κ2) is 7.42. The second-order valence-electron chi connectivity index (χ2n) is 4.37. The molecule has 0 bridgehead atoms. The summed E-state index contributed by atoms with van der Waals surface area (Å²) in [5.41, 5.74) is 0.598. The van der Waals surface area contributed by atoms with Gasteiger partial charge in [0.05, 0.1) is 12.5 Å². The van der Waals surface area contributed by atoms with E-state index in [4.69, 9.17) is 14.2 Å². The lowest BCUT2D eigenvalue weighted by Gasteiger charge is -2.14. The summed E-state index contributed by atoms with van der Waals surface area (Å²) in [7, 11) is 0. The van der Waals surface area contributed by atoms with Crippen LogP contribution in [0.3, 0.4) is 0 Å². The van der Waals surface area contributed by atoms with Crippen LogP contribution in [-0.4, -0.2) is 24.5 Å². The van der Waals surface area contributed by atoms with Gasteiger partial charge in [-0.2, -0.15) is 0 Å². The normalized spacial score (nSPS) is 11.4. The van der Waals surface area contributed by atoms with Crippen LogP contribution in [0.25, 0.3) is 0 Å². The smallest absolute Gasteiger partial charge is 0.313 e. The molecule has 0 N–H and O–H groups in total. The van der Waals surface area contributed by atoms with Crippen molar-refractivity contribution in [1.29, 1.82) is 0 Å². The third-order valence-corrected chi connectivity index (χ3v) is 2.62. The van der Waals surface area contributed by atoms with Gasteiger partial charge in [-0.05, 0) is 31.5 Å². The zero-order valence-electron chi connectivity index (χ0n) is 12.5. The van der Waals surface area contributed by atoms with Crippen molar-refractivity contribution in [2.45, 2.75) is 33.6 Å². The van der Waals surface area contributed by atoms with Gasteiger partial charge in [0.15, 0.2) is 11.5 Å². The minimum Gasteiger partial charge on any atom is -0.466 e. The predicted octanol–water partition coefficient (Wildman–Crippen LogP) is 2.20. The zero-order valence-corrected chi connectivity index (χ0v) is 12.5. The van der Waals surface area contributed by atoms with Gasteiger partial charge in [0.25, 0.3) is 0 Å². The molecule has 21 heavy (non-hydrogen) atoms. The van der Waals surface area contributed by atoms with E-state index in [0.717, 1.165) is 0 Å². The van der Waals surface area contributed by atoms with Crippen LogP contribution in [0.1, 0.15) is 39.2 Å². The SMILES string of the molecule is CCOC(=O)C(C)c1ccc(OC(C)=O)c(OC(C)=O)c1. The Labute approximate surface area is 123 Å². The highest BCUT2D eigenvalue weighted by Gasteiger charge is 2.19. The van der Waals surface area contributed by atoms with Crippen LogP contribution in [0.4, 0.5) is 0 Å². The molecule has 1 atom stereocenters. The van der Waals surface area contributed by atoms with Gasteiger partial charge in [0.2, 0.25) is 0 Å². The molecule has 0 aliphatic rings. The molecule has 1 unspecified atom stereocenters. The quantitative estimate of drug-likeness (QED) is 0.612. The maximum atomic E-state index is 11.7. The topological polar surface area (TPSA) is 78.9 Å². The molecule has 114 valence electrons. The lowest BCUT2D eigenvalue weighted by Crippen LogP contribution is -2.14. The number of hydrogen-bond acceptors (Lipinski definition) is 6. The van der Waals surface area contributed by atoms with E-state index in [9.17, 15) is 14.4 Å². The van der Waals surface area contributed by atoms with Crippen molar-refractivity contribution in [2.24, 2.45) is 0 Å². The van der Waals surface area contributed by atoms with Crippen molar-refractivity contribution in [3.8, 4) is 11.5 Å². The average molecular weight is 294 g/mol. The Morgan fingerprint density at radius 1 is 1.05 bits per heavy atom. The minimum atomic E-state index is -0.552. The molecule has 0 aromatic heterocycles. The summed E-state index contributed by atoms with van der Waals surface area (Å²) in [6.45, 7) is 6.16. The van der Waals surface area contributed by atoms with Crippen molar-refractivity contribution in [2.75, 3.05) is 6.61 Å². The highest BCUT2D eigenvalue weighted by Crippen LogP contribution is 2.32. The number of carbonyl (C=O) groups excluding carboxylic acids is 3. The number of esters is 3. The Morgan fingerprint density at radius 2 is 1.62 bits per heavy atom. The first-order valence-electron chi connectivity index (χ1n) is 6.52. The van der Waals surface area contributed by atoms with Crippen molar-refractivity contribution in [1.82, 2.24) is 0 Å². The van der Waals surface area contributed by atoms with E-state index in [1.165, 1.54) is 26.0 Å². The van der Waals surface area contributed by atoms with Crippen molar-refractivity contribution in [3.05, 3.63) is 23.8 Å². The zero-order chi connectivity index (χ0) is 16.0. The fourth-order valence-electron chi connectivity index (χ4n) is 1.67. The summed E-state index contributed by atoms with van der Waals surface area (Å²) in [5, 5.41) is 0. The molecule has 6 nitrogen and oxygen atoms in total. The third kappa shape index (κ3) is 4.91. The molecule has 0 radical (unpaired) electrons. The third-order valence-electron chi connectivity index (χ3n) is 2.62. The average Bonchev–Trinajstić information content (AvgIpc) is 2.39. The van der Waals surface area contributed by atoms with E-state index < -0.39 is 17.9 Å². The largest absolute Gasteiger partial charge is 0.466 e. The summed E-state index contributed by atoms with van der Waals surface area (Å²) < 4.78 is 14.9. The van der Waals surface area contributed by atoms with Crippen molar-refractivity contribution in [3.63, 3.8) is 0 Å². The fraction of sp³-hybridized carbons (Fsp3) is 0.400. The van der Waals surface area contributed by atoms with Gasteiger partial charge in [-0.3, -0.25) is 14.4 Å². The molecule has 6 heteroatoms. The van der Waals surface area contributed by atoms with Gasteiger partial charge in [-0.15, -0.1) is 0 Å². The summed E-state index contributed by atoms with van der Waals surface area (Å²) in [5.74, 6) is -1.78. The summed E-state index contributed by atoms with van der Waals surface area (Å²) >= 11 is 0. The molecular formula is C15H18O6. The van der Waals surface area contributed by atoms with E-state index in [-0.39, 0.29) is 24.1 Å². The molecule has 0 amide bonds. The molecule has 1 rings (SSSR count). The molecule has 0 aliphatic carbocycles. The first-order valence-corrected chi connectivity index (χ1v) is 6.52. The summed E-state index contributed by atoms with van der Waals surface area (Å²) in [6, 6.07) is 4.58. The molecule has 0 aliphatic heterocycles. The van der Waals surface area contributed by atoms with Crippen LogP contribution in [0.15, 0.2) is 18.2 Å². The van der Waals surface area contributed by atoms with Crippen LogP contribution in [0.5, 0.6) is 11.5 Å². The molecular weight excluding hydrogens is 276 g/mol. The van der Waals surface area contributed by atoms with Crippen molar-refractivity contribution < 1.29 is 28.6 Å². The maximum Gasteiger partial charge on any atom is 0.313 e. The molecule has 0 saturated carbocycles. The molecule has 0 saturated heterocycles. The predicted molar refractivity (Wildman–Crippen MR) is 74.1 cm³/mol. The second-order valence-corrected chi connectivity index (χ2v) is 4.37. The van der Waals surface area contributed by atoms with Gasteiger partial charge in [-0.25, -0.2) is 0 Å². The molecule has 0 heterocycles. The maximum absolute atomic E-state index is 11.7. The van der Waals surface area contributed by atoms with Crippen LogP contribution >= 0.6 is 0 Å². The highest BCUT2D eigenvalue weighted by atomic mass is 16.6. The highest BCUT2D eigenvalue weighted by molar-refractivity contribution is 5.79. The van der Waals surface area contributed by atoms with Gasteiger partial charge in [0, 0.05) is 13.8 Å². The number of hydrogen-bond donors (Lipinski definition) is 0. The summed E-state index contributed by atoms with van der Waals surface area (Å²) in [6.07, 6.45) is 0. The molecule has 1 aromatic rings. The Balaban J connectivity index is 3.10. The van der Waals surface area contributed by atoms with Crippen molar-refractivity contribution >= 4 is 17.9 Å². The van der Waals surface area contributed by atoms with Crippen LogP contribution in [0, 0.1) is 0 Å². The van der Waals surface area contributed by atoms with Crippen LogP contribution in [-0.2, 0) is 19.1 Å². The van der Waals surface area contributed by atoms with Gasteiger partial charge in [-0.1, -0.05) is 6.07 Å². The van der Waals surface area contributed by atoms with Gasteiger partial charge in [0.1, 0.15) is 0 Å². The lowest BCUT2D eigenvalue weighted by atomic mass is 10.0. The lowest BCUT2D eigenvalue weighted by molar-refractivity contribution is -0.144. The monoisotopic (exact) mass is 294 g/mol. The fourth-order valence-corrected chi connectivity index (χ4v) is 1.67. The minimum absolute atomic E-state index is 0.0892. The summed E-state index contributed by atoms with van der Waals surface area (Å²) in [4.78, 5) is 33.9. The van der Waals surface area contributed by atoms with Crippen LogP contribution in [0.2, 0.25) is 0 Å². The number of rotatable bonds is 5. The van der Waals surface area contributed by atoms with E-state index in [1.54, 1.807) is 19.9 Å². The molecule has 0 fully saturated rings. The Bertz CT molecular complexity index is 549. The first kappa shape index (κ1) is 16.7. The van der Waals surface area contributed by atoms with E-state index in [2.05, 4.69) is 0 Å². The Hall–Kier alpha value is -2.37. The van der Waals surface area contributed by atoms with E-state index >= 15 is 0 Å². The Kier molecular flexibility index (Phi) is 5.90. The number of benzene rings is 1. The van der Waals surface area contributed by atoms with Crippen LogP contribution < -0.4 is 9.47 Å². The standard InChI is InChI=1S/C15H18O6/c1-5-19-15(18)9(2)12-6-7-13(20-10(3)16)14(8-12)21-11(4)17/h6-9H,5H2,1-4H3. The van der Waals surface area contributed by atoms with Gasteiger partial charge < -0.3 is 14.2 Å². The number of carbonyl (C=O) groups is 3. The molecule has 1 aromatic carbocycles.